The zero-order chi connectivity index (χ0) is 7.40. The molecule has 0 atom stereocenters. The third-order valence-electron chi connectivity index (χ3n) is 1.21. The molecule has 54 valence electrons. The van der Waals surface area contributed by atoms with Crippen molar-refractivity contribution in [1.29, 1.82) is 0 Å². The van der Waals surface area contributed by atoms with Gasteiger partial charge in [0, 0.05) is 5.69 Å². The number of anilines is 1. The lowest BCUT2D eigenvalue weighted by molar-refractivity contribution is 1.47. The Balaban J connectivity index is 2.69. The van der Waals surface area contributed by atoms with Crippen molar-refractivity contribution >= 4 is 27.5 Å². The summed E-state index contributed by atoms with van der Waals surface area (Å²) in [5, 5.41) is 0. The molecule has 0 bridgehead atoms. The Kier molecular flexibility index (Phi) is 2.90. The number of nitrogens with one attached hydrogen (secondary N) is 1. The van der Waals surface area contributed by atoms with Gasteiger partial charge in [-0.2, -0.15) is 0 Å². The summed E-state index contributed by atoms with van der Waals surface area (Å²) < 4.78 is 2.92. The summed E-state index contributed by atoms with van der Waals surface area (Å²) in [6, 6.07) is 8.06. The molecule has 1 rings (SSSR count). The van der Waals surface area contributed by atoms with Crippen LogP contribution in [0.4, 0.5) is 5.69 Å². The van der Waals surface area contributed by atoms with E-state index < -0.39 is 0 Å². The summed E-state index contributed by atoms with van der Waals surface area (Å²) in [6.07, 6.45) is 0. The Morgan fingerprint density at radius 1 is 1.30 bits per heavy atom. The molecule has 1 N–H and O–H groups in total. The lowest BCUT2D eigenvalue weighted by atomic mass is 10.2. The van der Waals surface area contributed by atoms with Gasteiger partial charge in [-0.25, -0.2) is 0 Å². The number of halogens is 1. The largest absolute Gasteiger partial charge is 0.317 e. The summed E-state index contributed by atoms with van der Waals surface area (Å²) in [6.45, 7) is 2.05. The van der Waals surface area contributed by atoms with E-state index in [9.17, 15) is 0 Å². The fourth-order valence-corrected chi connectivity index (χ4v) is 1.16. The molecule has 0 saturated carbocycles. The van der Waals surface area contributed by atoms with E-state index in [-0.39, 0.29) is 0 Å². The zero-order valence-electron chi connectivity index (χ0n) is 5.60. The predicted molar refractivity (Wildman–Crippen MR) is 48.2 cm³/mol. The quantitative estimate of drug-likeness (QED) is 0.690. The summed E-state index contributed by atoms with van der Waals surface area (Å²) in [7, 11) is 5.38. The summed E-state index contributed by atoms with van der Waals surface area (Å²) in [5.41, 5.74) is 2.29. The van der Waals surface area contributed by atoms with Gasteiger partial charge in [0.05, 0.1) is 11.2 Å². The fraction of sp³-hybridized carbons (Fsp3) is 0.143. The van der Waals surface area contributed by atoms with Crippen molar-refractivity contribution in [3.63, 3.8) is 0 Å². The van der Waals surface area contributed by atoms with Crippen LogP contribution in [0.15, 0.2) is 24.3 Å². The highest BCUT2D eigenvalue weighted by molar-refractivity contribution is 8.22. The number of hydrogen-bond donors (Lipinski definition) is 1. The number of hydrogen-bond acceptors (Lipinski definition) is 2. The third-order valence-corrected chi connectivity index (χ3v) is 1.75. The minimum atomic E-state index is 1.03. The molecule has 0 saturated heterocycles. The second kappa shape index (κ2) is 3.74. The van der Waals surface area contributed by atoms with Gasteiger partial charge in [0.2, 0.25) is 0 Å². The van der Waals surface area contributed by atoms with Crippen molar-refractivity contribution in [3.05, 3.63) is 29.8 Å². The Morgan fingerprint density at radius 2 is 1.90 bits per heavy atom. The van der Waals surface area contributed by atoms with Crippen molar-refractivity contribution in [1.82, 2.24) is 0 Å². The molecule has 0 aliphatic rings. The van der Waals surface area contributed by atoms with Gasteiger partial charge in [-0.05, 0) is 29.7 Å². The van der Waals surface area contributed by atoms with E-state index in [1.165, 1.54) is 5.56 Å². The van der Waals surface area contributed by atoms with Crippen LogP contribution in [0, 0.1) is 6.92 Å². The van der Waals surface area contributed by atoms with Crippen LogP contribution in [0.2, 0.25) is 0 Å². The molecule has 0 heterocycles. The molecule has 1 nitrogen and oxygen atoms in total. The van der Waals surface area contributed by atoms with Crippen LogP contribution in [0.5, 0.6) is 0 Å². The number of rotatable bonds is 2. The Labute approximate surface area is 69.4 Å². The van der Waals surface area contributed by atoms with Gasteiger partial charge in [-0.3, -0.25) is 0 Å². The average molecular weight is 174 g/mol. The third kappa shape index (κ3) is 2.12. The fourth-order valence-electron chi connectivity index (χ4n) is 0.666. The van der Waals surface area contributed by atoms with Gasteiger partial charge >= 0.3 is 0 Å². The molecular weight excluding hydrogens is 166 g/mol. The Hall–Kier alpha value is -0.340. The smallest absolute Gasteiger partial charge is 0.0582 e. The van der Waals surface area contributed by atoms with Gasteiger partial charge in [0.15, 0.2) is 0 Å². The van der Waals surface area contributed by atoms with E-state index in [4.69, 9.17) is 10.7 Å². The molecule has 0 aliphatic heterocycles. The second-order valence-corrected chi connectivity index (χ2v) is 2.87. The van der Waals surface area contributed by atoms with Crippen molar-refractivity contribution < 1.29 is 0 Å². The van der Waals surface area contributed by atoms with Gasteiger partial charge in [0.1, 0.15) is 0 Å². The summed E-state index contributed by atoms with van der Waals surface area (Å²) >= 11 is 1.08. The first-order valence-corrected chi connectivity index (χ1v) is 4.57. The molecule has 0 amide bonds. The maximum absolute atomic E-state index is 5.38. The van der Waals surface area contributed by atoms with E-state index in [2.05, 4.69) is 11.6 Å². The van der Waals surface area contributed by atoms with Crippen molar-refractivity contribution in [2.45, 2.75) is 6.92 Å². The van der Waals surface area contributed by atoms with E-state index >= 15 is 0 Å². The maximum atomic E-state index is 5.38. The van der Waals surface area contributed by atoms with Gasteiger partial charge < -0.3 is 4.72 Å². The van der Waals surface area contributed by atoms with E-state index in [1.807, 2.05) is 24.3 Å². The lowest BCUT2D eigenvalue weighted by Crippen LogP contribution is -1.80. The minimum absolute atomic E-state index is 1.03. The molecule has 10 heavy (non-hydrogen) atoms. The molecule has 0 unspecified atom stereocenters. The standard InChI is InChI=1S/C7H8ClNS/c1-6-2-4-7(5-3-6)9-10-8/h2-5,9H,1H3. The van der Waals surface area contributed by atoms with Crippen molar-refractivity contribution in [2.75, 3.05) is 4.72 Å². The van der Waals surface area contributed by atoms with Crippen LogP contribution in [-0.4, -0.2) is 0 Å². The molecule has 3 heteroatoms. The SMILES string of the molecule is Cc1ccc(NSCl)cc1. The van der Waals surface area contributed by atoms with Crippen molar-refractivity contribution in [3.8, 4) is 0 Å². The number of benzene rings is 1. The normalized spacial score (nSPS) is 9.40. The van der Waals surface area contributed by atoms with Crippen LogP contribution in [-0.2, 0) is 0 Å². The summed E-state index contributed by atoms with van der Waals surface area (Å²) in [5.74, 6) is 0. The van der Waals surface area contributed by atoms with E-state index in [1.54, 1.807) is 0 Å². The maximum Gasteiger partial charge on any atom is 0.0582 e. The monoisotopic (exact) mass is 173 g/mol. The van der Waals surface area contributed by atoms with E-state index in [0.29, 0.717) is 0 Å². The van der Waals surface area contributed by atoms with Crippen LogP contribution >= 0.6 is 21.8 Å². The average Bonchev–Trinajstić information content (AvgIpc) is 1.95. The molecule has 0 aromatic heterocycles. The molecule has 0 aliphatic carbocycles. The molecule has 1 aromatic carbocycles. The topological polar surface area (TPSA) is 12.0 Å². The number of aryl methyl sites for hydroxylation is 1. The van der Waals surface area contributed by atoms with Crippen LogP contribution in [0.3, 0.4) is 0 Å². The highest BCUT2D eigenvalue weighted by Crippen LogP contribution is 2.15. The first kappa shape index (κ1) is 7.76. The molecular formula is C7H8ClNS. The first-order chi connectivity index (χ1) is 4.83. The molecule has 1 aromatic rings. The van der Waals surface area contributed by atoms with E-state index in [0.717, 1.165) is 16.8 Å². The van der Waals surface area contributed by atoms with Gasteiger partial charge in [-0.15, -0.1) is 0 Å². The molecule has 0 spiro atoms. The Morgan fingerprint density at radius 3 is 2.40 bits per heavy atom. The molecule has 0 fully saturated rings. The predicted octanol–water partition coefficient (Wildman–Crippen LogP) is 3.21. The first-order valence-electron chi connectivity index (χ1n) is 2.93. The van der Waals surface area contributed by atoms with Gasteiger partial charge in [-0.1, -0.05) is 17.7 Å². The second-order valence-electron chi connectivity index (χ2n) is 2.05. The summed E-state index contributed by atoms with van der Waals surface area (Å²) in [4.78, 5) is 0. The van der Waals surface area contributed by atoms with Crippen LogP contribution < -0.4 is 4.72 Å². The van der Waals surface area contributed by atoms with Crippen molar-refractivity contribution in [2.24, 2.45) is 0 Å². The highest BCUT2D eigenvalue weighted by Gasteiger charge is 1.87. The lowest BCUT2D eigenvalue weighted by Gasteiger charge is -1.98. The zero-order valence-corrected chi connectivity index (χ0v) is 7.17. The van der Waals surface area contributed by atoms with Crippen LogP contribution in [0.25, 0.3) is 0 Å². The Bertz CT molecular complexity index is 197. The minimum Gasteiger partial charge on any atom is -0.317 e. The van der Waals surface area contributed by atoms with Gasteiger partial charge in [0.25, 0.3) is 0 Å². The molecule has 0 radical (unpaired) electrons. The highest BCUT2D eigenvalue weighted by atomic mass is 35.7. The van der Waals surface area contributed by atoms with Crippen LogP contribution in [0.1, 0.15) is 5.56 Å².